The van der Waals surface area contributed by atoms with Gasteiger partial charge in [0.2, 0.25) is 0 Å². The molecule has 2 aromatic rings. The standard InChI is InChI=1S/C15H15FO2S/c1-15(2,3)18-14(17)13-9-19-8-12(13)10-4-6-11(16)7-5-10/h4-9H,1-3H3. The van der Waals surface area contributed by atoms with E-state index in [0.717, 1.165) is 11.1 Å². The molecule has 0 fully saturated rings. The number of carbonyl (C=O) groups excluding carboxylic acids is 1. The average molecular weight is 278 g/mol. The van der Waals surface area contributed by atoms with E-state index in [9.17, 15) is 9.18 Å². The van der Waals surface area contributed by atoms with Gasteiger partial charge in [-0.1, -0.05) is 12.1 Å². The van der Waals surface area contributed by atoms with Gasteiger partial charge in [-0.05, 0) is 43.8 Å². The molecule has 0 bridgehead atoms. The lowest BCUT2D eigenvalue weighted by molar-refractivity contribution is 0.00711. The van der Waals surface area contributed by atoms with E-state index in [1.54, 1.807) is 17.5 Å². The smallest absolute Gasteiger partial charge is 0.340 e. The van der Waals surface area contributed by atoms with Crippen LogP contribution in [0, 0.1) is 5.82 Å². The number of halogens is 1. The topological polar surface area (TPSA) is 26.3 Å². The van der Waals surface area contributed by atoms with Crippen LogP contribution in [-0.2, 0) is 4.74 Å². The number of carbonyl (C=O) groups is 1. The number of hydrogen-bond acceptors (Lipinski definition) is 3. The molecule has 0 unspecified atom stereocenters. The Hall–Kier alpha value is -1.68. The van der Waals surface area contributed by atoms with E-state index >= 15 is 0 Å². The maximum Gasteiger partial charge on any atom is 0.340 e. The van der Waals surface area contributed by atoms with Crippen molar-refractivity contribution in [3.05, 3.63) is 46.4 Å². The predicted octanol–water partition coefficient (Wildman–Crippen LogP) is 4.51. The van der Waals surface area contributed by atoms with Gasteiger partial charge in [-0.3, -0.25) is 0 Å². The molecule has 0 saturated carbocycles. The molecule has 0 spiro atoms. The van der Waals surface area contributed by atoms with Crippen LogP contribution in [0.1, 0.15) is 31.1 Å². The van der Waals surface area contributed by atoms with Crippen molar-refractivity contribution in [2.75, 3.05) is 0 Å². The second kappa shape index (κ2) is 5.13. The number of rotatable bonds is 2. The summed E-state index contributed by atoms with van der Waals surface area (Å²) in [6.07, 6.45) is 0. The molecule has 0 amide bonds. The quantitative estimate of drug-likeness (QED) is 0.755. The highest BCUT2D eigenvalue weighted by atomic mass is 32.1. The highest BCUT2D eigenvalue weighted by Gasteiger charge is 2.21. The number of hydrogen-bond donors (Lipinski definition) is 0. The van der Waals surface area contributed by atoms with Crippen LogP contribution in [0.5, 0.6) is 0 Å². The third-order valence-electron chi connectivity index (χ3n) is 2.44. The molecule has 100 valence electrons. The normalized spacial score (nSPS) is 11.4. The molecule has 2 nitrogen and oxygen atoms in total. The zero-order chi connectivity index (χ0) is 14.0. The van der Waals surface area contributed by atoms with E-state index < -0.39 is 5.60 Å². The van der Waals surface area contributed by atoms with Crippen molar-refractivity contribution in [1.82, 2.24) is 0 Å². The Morgan fingerprint density at radius 2 is 1.79 bits per heavy atom. The Morgan fingerprint density at radius 1 is 1.16 bits per heavy atom. The summed E-state index contributed by atoms with van der Waals surface area (Å²) in [5.74, 6) is -0.647. The Labute approximate surface area is 115 Å². The van der Waals surface area contributed by atoms with Gasteiger partial charge >= 0.3 is 5.97 Å². The van der Waals surface area contributed by atoms with Crippen LogP contribution in [0.2, 0.25) is 0 Å². The minimum atomic E-state index is -0.529. The molecule has 0 radical (unpaired) electrons. The van der Waals surface area contributed by atoms with Crippen molar-refractivity contribution in [3.8, 4) is 11.1 Å². The molecule has 19 heavy (non-hydrogen) atoms. The summed E-state index contributed by atoms with van der Waals surface area (Å²) in [6, 6.07) is 6.08. The number of esters is 1. The van der Waals surface area contributed by atoms with Crippen LogP contribution < -0.4 is 0 Å². The number of thiophene rings is 1. The summed E-state index contributed by atoms with van der Waals surface area (Å²) < 4.78 is 18.3. The van der Waals surface area contributed by atoms with Gasteiger partial charge in [-0.15, -0.1) is 0 Å². The van der Waals surface area contributed by atoms with Crippen LogP contribution in [0.4, 0.5) is 4.39 Å². The van der Waals surface area contributed by atoms with Crippen LogP contribution in [0.25, 0.3) is 11.1 Å². The molecule has 0 N–H and O–H groups in total. The lowest BCUT2D eigenvalue weighted by Gasteiger charge is -2.19. The first-order chi connectivity index (χ1) is 8.87. The number of benzene rings is 1. The molecule has 0 aliphatic rings. The van der Waals surface area contributed by atoms with Gasteiger partial charge in [0.05, 0.1) is 5.56 Å². The molecular weight excluding hydrogens is 263 g/mol. The Balaban J connectivity index is 2.32. The van der Waals surface area contributed by atoms with E-state index in [0.29, 0.717) is 5.56 Å². The first-order valence-electron chi connectivity index (χ1n) is 5.92. The molecule has 0 saturated heterocycles. The fraction of sp³-hybridized carbons (Fsp3) is 0.267. The van der Waals surface area contributed by atoms with E-state index in [1.165, 1.54) is 23.5 Å². The Kier molecular flexibility index (Phi) is 3.71. The van der Waals surface area contributed by atoms with Crippen molar-refractivity contribution in [3.63, 3.8) is 0 Å². The zero-order valence-corrected chi connectivity index (χ0v) is 11.9. The SMILES string of the molecule is CC(C)(C)OC(=O)c1cscc1-c1ccc(F)cc1. The van der Waals surface area contributed by atoms with Gasteiger partial charge in [-0.2, -0.15) is 11.3 Å². The van der Waals surface area contributed by atoms with Gasteiger partial charge in [-0.25, -0.2) is 9.18 Å². The number of ether oxygens (including phenoxy) is 1. The minimum absolute atomic E-state index is 0.294. The lowest BCUT2D eigenvalue weighted by Crippen LogP contribution is -2.23. The molecule has 0 atom stereocenters. The van der Waals surface area contributed by atoms with Crippen molar-refractivity contribution < 1.29 is 13.9 Å². The van der Waals surface area contributed by atoms with Gasteiger partial charge in [0.15, 0.2) is 0 Å². The molecule has 0 aliphatic carbocycles. The predicted molar refractivity (Wildman–Crippen MR) is 74.9 cm³/mol. The molecule has 2 rings (SSSR count). The fourth-order valence-electron chi connectivity index (χ4n) is 1.64. The van der Waals surface area contributed by atoms with E-state index in [2.05, 4.69) is 0 Å². The van der Waals surface area contributed by atoms with Crippen LogP contribution in [0.15, 0.2) is 35.0 Å². The van der Waals surface area contributed by atoms with Gasteiger partial charge < -0.3 is 4.74 Å². The van der Waals surface area contributed by atoms with Gasteiger partial charge in [0.1, 0.15) is 11.4 Å². The van der Waals surface area contributed by atoms with E-state index in [1.807, 2.05) is 26.2 Å². The monoisotopic (exact) mass is 278 g/mol. The zero-order valence-electron chi connectivity index (χ0n) is 11.1. The minimum Gasteiger partial charge on any atom is -0.456 e. The van der Waals surface area contributed by atoms with Crippen molar-refractivity contribution in [2.24, 2.45) is 0 Å². The second-order valence-electron chi connectivity index (χ2n) is 5.21. The van der Waals surface area contributed by atoms with Crippen LogP contribution in [0.3, 0.4) is 0 Å². The van der Waals surface area contributed by atoms with Crippen molar-refractivity contribution in [2.45, 2.75) is 26.4 Å². The maximum atomic E-state index is 12.9. The fourth-order valence-corrected chi connectivity index (χ4v) is 2.47. The highest BCUT2D eigenvalue weighted by Crippen LogP contribution is 2.29. The summed E-state index contributed by atoms with van der Waals surface area (Å²) in [7, 11) is 0. The van der Waals surface area contributed by atoms with E-state index in [-0.39, 0.29) is 11.8 Å². The second-order valence-corrected chi connectivity index (χ2v) is 5.95. The summed E-state index contributed by atoms with van der Waals surface area (Å²) >= 11 is 1.42. The highest BCUT2D eigenvalue weighted by molar-refractivity contribution is 7.08. The molecular formula is C15H15FO2S. The first kappa shape index (κ1) is 13.7. The van der Waals surface area contributed by atoms with Gasteiger partial charge in [0, 0.05) is 10.9 Å². The third-order valence-corrected chi connectivity index (χ3v) is 3.18. The van der Waals surface area contributed by atoms with Crippen LogP contribution >= 0.6 is 11.3 Å². The summed E-state index contributed by atoms with van der Waals surface area (Å²) in [6.45, 7) is 5.48. The lowest BCUT2D eigenvalue weighted by atomic mass is 10.0. The third kappa shape index (κ3) is 3.41. The molecule has 1 aromatic carbocycles. The summed E-state index contributed by atoms with van der Waals surface area (Å²) in [5.41, 5.74) is 1.58. The summed E-state index contributed by atoms with van der Waals surface area (Å²) in [4.78, 5) is 12.1. The van der Waals surface area contributed by atoms with Crippen molar-refractivity contribution in [1.29, 1.82) is 0 Å². The molecule has 1 heterocycles. The largest absolute Gasteiger partial charge is 0.456 e. The Bertz CT molecular complexity index is 579. The van der Waals surface area contributed by atoms with Gasteiger partial charge in [0.25, 0.3) is 0 Å². The Morgan fingerprint density at radius 3 is 2.37 bits per heavy atom. The average Bonchev–Trinajstić information content (AvgIpc) is 2.76. The summed E-state index contributed by atoms with van der Waals surface area (Å²) in [5, 5.41) is 3.62. The maximum absolute atomic E-state index is 12.9. The molecule has 4 heteroatoms. The first-order valence-corrected chi connectivity index (χ1v) is 6.86. The molecule has 1 aromatic heterocycles. The van der Waals surface area contributed by atoms with Crippen molar-refractivity contribution >= 4 is 17.3 Å². The molecule has 0 aliphatic heterocycles. The van der Waals surface area contributed by atoms with E-state index in [4.69, 9.17) is 4.74 Å². The van der Waals surface area contributed by atoms with Crippen LogP contribution in [-0.4, -0.2) is 11.6 Å².